The van der Waals surface area contributed by atoms with Crippen molar-refractivity contribution in [3.8, 4) is 6.07 Å². The summed E-state index contributed by atoms with van der Waals surface area (Å²) >= 11 is 0. The standard InChI is InChI=1S/C20H18N2O4S/c21-13-16-6-10-19(11-7-16)27(25,26)22-14-18(23)9-8-17(20(22)24)12-15-4-2-1-3-5-15/h1-7,10-11,17H,8-9,12,14H2. The van der Waals surface area contributed by atoms with E-state index >= 15 is 0 Å². The predicted octanol–water partition coefficient (Wildman–Crippen LogP) is 2.30. The van der Waals surface area contributed by atoms with E-state index < -0.39 is 28.4 Å². The second kappa shape index (κ2) is 7.72. The summed E-state index contributed by atoms with van der Waals surface area (Å²) in [4.78, 5) is 25.0. The highest BCUT2D eigenvalue weighted by atomic mass is 32.2. The van der Waals surface area contributed by atoms with Crippen LogP contribution in [0.2, 0.25) is 0 Å². The quantitative estimate of drug-likeness (QED) is 0.808. The summed E-state index contributed by atoms with van der Waals surface area (Å²) in [5.74, 6) is -1.42. The Morgan fingerprint density at radius 1 is 1.04 bits per heavy atom. The number of nitrogens with zero attached hydrogens (tertiary/aromatic N) is 2. The summed E-state index contributed by atoms with van der Waals surface area (Å²) in [6.45, 7) is -0.452. The van der Waals surface area contributed by atoms with E-state index in [4.69, 9.17) is 5.26 Å². The molecule has 1 heterocycles. The molecule has 1 amide bonds. The summed E-state index contributed by atoms with van der Waals surface area (Å²) in [5.41, 5.74) is 1.23. The van der Waals surface area contributed by atoms with Gasteiger partial charge < -0.3 is 0 Å². The number of hydrogen-bond acceptors (Lipinski definition) is 5. The average Bonchev–Trinajstić information content (AvgIpc) is 2.82. The van der Waals surface area contributed by atoms with E-state index in [1.54, 1.807) is 0 Å². The Kier molecular flexibility index (Phi) is 5.38. The van der Waals surface area contributed by atoms with Gasteiger partial charge in [-0.15, -0.1) is 0 Å². The van der Waals surface area contributed by atoms with Gasteiger partial charge in [-0.05, 0) is 42.7 Å². The molecule has 2 aromatic rings. The number of carbonyl (C=O) groups excluding carboxylic acids is 2. The fraction of sp³-hybridized carbons (Fsp3) is 0.250. The van der Waals surface area contributed by atoms with Crippen LogP contribution in [0.15, 0.2) is 59.5 Å². The van der Waals surface area contributed by atoms with Gasteiger partial charge in [0.1, 0.15) is 0 Å². The number of nitriles is 1. The van der Waals surface area contributed by atoms with Crippen LogP contribution < -0.4 is 0 Å². The van der Waals surface area contributed by atoms with Gasteiger partial charge in [-0.25, -0.2) is 12.7 Å². The Morgan fingerprint density at radius 3 is 2.33 bits per heavy atom. The van der Waals surface area contributed by atoms with Crippen molar-refractivity contribution in [1.29, 1.82) is 5.26 Å². The Bertz CT molecular complexity index is 993. The second-order valence-corrected chi connectivity index (χ2v) is 8.31. The smallest absolute Gasteiger partial charge is 0.266 e. The van der Waals surface area contributed by atoms with Gasteiger partial charge in [-0.3, -0.25) is 9.59 Å². The molecular weight excluding hydrogens is 364 g/mol. The van der Waals surface area contributed by atoms with Crippen molar-refractivity contribution in [2.45, 2.75) is 24.2 Å². The Labute approximate surface area is 158 Å². The summed E-state index contributed by atoms with van der Waals surface area (Å²) in [6, 6.07) is 16.5. The van der Waals surface area contributed by atoms with E-state index in [0.717, 1.165) is 5.56 Å². The van der Waals surface area contributed by atoms with Crippen molar-refractivity contribution >= 4 is 21.7 Å². The maximum absolute atomic E-state index is 13.0. The number of ketones is 1. The Hall–Kier alpha value is -2.98. The lowest BCUT2D eigenvalue weighted by Gasteiger charge is -2.23. The molecule has 0 saturated carbocycles. The highest BCUT2D eigenvalue weighted by Gasteiger charge is 2.37. The number of amides is 1. The fourth-order valence-corrected chi connectivity index (χ4v) is 4.53. The summed E-state index contributed by atoms with van der Waals surface area (Å²) in [7, 11) is -4.16. The van der Waals surface area contributed by atoms with Crippen LogP contribution in [0.25, 0.3) is 0 Å². The van der Waals surface area contributed by atoms with Crippen molar-refractivity contribution in [2.75, 3.05) is 6.54 Å². The maximum Gasteiger partial charge on any atom is 0.266 e. The largest absolute Gasteiger partial charge is 0.298 e. The zero-order valence-corrected chi connectivity index (χ0v) is 15.4. The zero-order chi connectivity index (χ0) is 19.4. The molecule has 0 aliphatic carbocycles. The third-order valence-corrected chi connectivity index (χ3v) is 6.34. The molecule has 6 nitrogen and oxygen atoms in total. The molecule has 1 aliphatic heterocycles. The molecule has 0 spiro atoms. The monoisotopic (exact) mass is 382 g/mol. The molecule has 0 N–H and O–H groups in total. The number of sulfonamides is 1. The number of benzene rings is 2. The second-order valence-electron chi connectivity index (χ2n) is 6.45. The van der Waals surface area contributed by atoms with Crippen molar-refractivity contribution in [1.82, 2.24) is 4.31 Å². The van der Waals surface area contributed by atoms with Gasteiger partial charge in [0.2, 0.25) is 5.91 Å². The average molecular weight is 382 g/mol. The molecule has 1 fully saturated rings. The van der Waals surface area contributed by atoms with Gasteiger partial charge >= 0.3 is 0 Å². The van der Waals surface area contributed by atoms with Crippen molar-refractivity contribution < 1.29 is 18.0 Å². The SMILES string of the molecule is N#Cc1ccc(S(=O)(=O)N2CC(=O)CCC(Cc3ccccc3)C2=O)cc1. The number of Topliss-reactive ketones (excluding diaryl/α,β-unsaturated/α-hetero) is 1. The molecular formula is C20H18N2O4S. The lowest BCUT2D eigenvalue weighted by atomic mass is 9.94. The van der Waals surface area contributed by atoms with Crippen molar-refractivity contribution in [3.05, 3.63) is 65.7 Å². The van der Waals surface area contributed by atoms with E-state index in [0.29, 0.717) is 22.7 Å². The van der Waals surface area contributed by atoms with Crippen LogP contribution in [0.4, 0.5) is 0 Å². The number of carbonyl (C=O) groups is 2. The number of hydrogen-bond donors (Lipinski definition) is 0. The van der Waals surface area contributed by atoms with Gasteiger partial charge in [-0.1, -0.05) is 30.3 Å². The van der Waals surface area contributed by atoms with Gasteiger partial charge in [0.15, 0.2) is 5.78 Å². The predicted molar refractivity (Wildman–Crippen MR) is 97.9 cm³/mol. The molecule has 1 unspecified atom stereocenters. The molecule has 138 valence electrons. The molecule has 1 saturated heterocycles. The minimum absolute atomic E-state index is 0.108. The summed E-state index contributed by atoms with van der Waals surface area (Å²) in [6.07, 6.45) is 0.876. The van der Waals surface area contributed by atoms with E-state index in [2.05, 4.69) is 0 Å². The minimum atomic E-state index is -4.16. The Balaban J connectivity index is 1.92. The lowest BCUT2D eigenvalue weighted by Crippen LogP contribution is -2.42. The first kappa shape index (κ1) is 18.8. The van der Waals surface area contributed by atoms with E-state index in [9.17, 15) is 18.0 Å². The molecule has 0 bridgehead atoms. The molecule has 1 atom stereocenters. The first-order valence-corrected chi connectivity index (χ1v) is 9.98. The molecule has 2 aromatic carbocycles. The minimum Gasteiger partial charge on any atom is -0.298 e. The lowest BCUT2D eigenvalue weighted by molar-refractivity contribution is -0.131. The van der Waals surface area contributed by atoms with Gasteiger partial charge in [0.25, 0.3) is 10.0 Å². The van der Waals surface area contributed by atoms with E-state index in [-0.39, 0.29) is 17.1 Å². The fourth-order valence-electron chi connectivity index (χ4n) is 3.10. The molecule has 7 heteroatoms. The molecule has 3 rings (SSSR count). The first-order valence-electron chi connectivity index (χ1n) is 8.54. The van der Waals surface area contributed by atoms with Gasteiger partial charge in [0, 0.05) is 12.3 Å². The highest BCUT2D eigenvalue weighted by Crippen LogP contribution is 2.26. The van der Waals surface area contributed by atoms with Crippen LogP contribution >= 0.6 is 0 Å². The van der Waals surface area contributed by atoms with E-state index in [1.807, 2.05) is 36.4 Å². The highest BCUT2D eigenvalue weighted by molar-refractivity contribution is 7.89. The van der Waals surface area contributed by atoms with Gasteiger partial charge in [-0.2, -0.15) is 5.26 Å². The van der Waals surface area contributed by atoms with Crippen LogP contribution in [-0.4, -0.2) is 31.0 Å². The topological polar surface area (TPSA) is 95.3 Å². The third-order valence-electron chi connectivity index (χ3n) is 4.58. The maximum atomic E-state index is 13.0. The van der Waals surface area contributed by atoms with Crippen LogP contribution in [-0.2, 0) is 26.0 Å². The molecule has 1 aliphatic rings. The van der Waals surface area contributed by atoms with Crippen molar-refractivity contribution in [2.24, 2.45) is 5.92 Å². The third kappa shape index (κ3) is 4.07. The Morgan fingerprint density at radius 2 is 1.70 bits per heavy atom. The van der Waals surface area contributed by atoms with E-state index in [1.165, 1.54) is 24.3 Å². The van der Waals surface area contributed by atoms with Crippen LogP contribution in [0.5, 0.6) is 0 Å². The zero-order valence-electron chi connectivity index (χ0n) is 14.5. The molecule has 0 radical (unpaired) electrons. The van der Waals surface area contributed by atoms with Gasteiger partial charge in [0.05, 0.1) is 23.1 Å². The summed E-state index contributed by atoms with van der Waals surface area (Å²) < 4.78 is 26.6. The molecule has 27 heavy (non-hydrogen) atoms. The summed E-state index contributed by atoms with van der Waals surface area (Å²) in [5, 5.41) is 8.86. The first-order chi connectivity index (χ1) is 12.9. The normalized spacial score (nSPS) is 18.0. The van der Waals surface area contributed by atoms with Crippen LogP contribution in [0.1, 0.15) is 24.0 Å². The van der Waals surface area contributed by atoms with Crippen LogP contribution in [0, 0.1) is 17.2 Å². The van der Waals surface area contributed by atoms with Crippen LogP contribution in [0.3, 0.4) is 0 Å². The molecule has 0 aromatic heterocycles. The van der Waals surface area contributed by atoms with Crippen molar-refractivity contribution in [3.63, 3.8) is 0 Å². The number of rotatable bonds is 4.